The van der Waals surface area contributed by atoms with Crippen LogP contribution in [0.15, 0.2) is 54.7 Å². The number of rotatable bonds is 7. The Morgan fingerprint density at radius 2 is 1.55 bits per heavy atom. The Labute approximate surface area is 192 Å². The smallest absolute Gasteiger partial charge is 0.340 e. The van der Waals surface area contributed by atoms with Gasteiger partial charge in [0.1, 0.15) is 11.4 Å². The summed E-state index contributed by atoms with van der Waals surface area (Å²) in [5.74, 6) is 0.817. The van der Waals surface area contributed by atoms with Crippen LogP contribution in [-0.4, -0.2) is 9.97 Å². The van der Waals surface area contributed by atoms with Crippen molar-refractivity contribution in [2.45, 2.75) is 64.0 Å². The number of halogens is 3. The van der Waals surface area contributed by atoms with Gasteiger partial charge in [-0.1, -0.05) is 51.0 Å². The Morgan fingerprint density at radius 1 is 0.939 bits per heavy atom. The highest BCUT2D eigenvalue weighted by Gasteiger charge is 2.35. The number of aromatic nitrogens is 2. The van der Waals surface area contributed by atoms with Crippen molar-refractivity contribution in [3.8, 4) is 0 Å². The van der Waals surface area contributed by atoms with E-state index in [2.05, 4.69) is 34.4 Å². The van der Waals surface area contributed by atoms with Crippen LogP contribution in [0.1, 0.15) is 74.5 Å². The van der Waals surface area contributed by atoms with Gasteiger partial charge < -0.3 is 10.6 Å². The molecule has 7 heteroatoms. The topological polar surface area (TPSA) is 49.8 Å². The van der Waals surface area contributed by atoms with E-state index in [1.165, 1.54) is 36.8 Å². The third-order valence-corrected chi connectivity index (χ3v) is 6.44. The van der Waals surface area contributed by atoms with Gasteiger partial charge in [0, 0.05) is 17.6 Å². The molecule has 1 aliphatic carbocycles. The molecule has 0 saturated heterocycles. The Morgan fingerprint density at radius 3 is 2.15 bits per heavy atom. The van der Waals surface area contributed by atoms with Gasteiger partial charge in [-0.25, -0.2) is 4.98 Å². The summed E-state index contributed by atoms with van der Waals surface area (Å²) in [4.78, 5) is 8.05. The average molecular weight is 455 g/mol. The van der Waals surface area contributed by atoms with Gasteiger partial charge in [0.05, 0.1) is 0 Å². The minimum atomic E-state index is -4.57. The van der Waals surface area contributed by atoms with Crippen molar-refractivity contribution in [3.63, 3.8) is 0 Å². The molecule has 1 heterocycles. The van der Waals surface area contributed by atoms with Crippen molar-refractivity contribution in [1.29, 1.82) is 0 Å². The minimum absolute atomic E-state index is 0.101. The molecule has 1 aromatic heterocycles. The molecule has 0 radical (unpaired) electrons. The summed E-state index contributed by atoms with van der Waals surface area (Å²) in [5, 5.41) is 5.85. The highest BCUT2D eigenvalue weighted by Crippen LogP contribution is 2.37. The first-order chi connectivity index (χ1) is 15.8. The largest absolute Gasteiger partial charge is 0.421 e. The lowest BCUT2D eigenvalue weighted by molar-refractivity contribution is -0.137. The molecule has 1 unspecified atom stereocenters. The average Bonchev–Trinajstić information content (AvgIpc) is 3.34. The SMILES string of the molecule is CCC(C)c1ccc(Nc2ncc(C(F)(F)F)c(Nc3ccc(C4CCCC4)cc3)n2)cc1. The molecule has 0 spiro atoms. The molecule has 4 nitrogen and oxygen atoms in total. The van der Waals surface area contributed by atoms with Crippen molar-refractivity contribution in [2.24, 2.45) is 0 Å². The lowest BCUT2D eigenvalue weighted by atomic mass is 9.97. The number of anilines is 4. The molecule has 1 atom stereocenters. The van der Waals surface area contributed by atoms with Crippen molar-refractivity contribution in [2.75, 3.05) is 10.6 Å². The summed E-state index contributed by atoms with van der Waals surface area (Å²) in [6.45, 7) is 4.28. The standard InChI is InChI=1S/C26H29F3N4/c1-3-17(2)18-8-12-22(13-9-18)32-25-30-16-23(26(27,28)29)24(33-25)31-21-14-10-20(11-15-21)19-6-4-5-7-19/h8-17,19H,3-7H2,1-2H3,(H2,30,31,32,33). The third kappa shape index (κ3) is 5.64. The maximum Gasteiger partial charge on any atom is 0.421 e. The summed E-state index contributed by atoms with van der Waals surface area (Å²) >= 11 is 0. The van der Waals surface area contributed by atoms with Crippen LogP contribution in [0.4, 0.5) is 36.3 Å². The molecular weight excluding hydrogens is 425 g/mol. The Hall–Kier alpha value is -3.09. The van der Waals surface area contributed by atoms with E-state index in [0.717, 1.165) is 12.6 Å². The zero-order valence-corrected chi connectivity index (χ0v) is 18.9. The molecule has 0 amide bonds. The second-order valence-electron chi connectivity index (χ2n) is 8.74. The molecule has 174 valence electrons. The fourth-order valence-corrected chi connectivity index (χ4v) is 4.24. The van der Waals surface area contributed by atoms with E-state index in [1.807, 2.05) is 48.5 Å². The number of benzene rings is 2. The van der Waals surface area contributed by atoms with Crippen LogP contribution in [0.3, 0.4) is 0 Å². The number of hydrogen-bond donors (Lipinski definition) is 2. The van der Waals surface area contributed by atoms with E-state index < -0.39 is 11.7 Å². The second kappa shape index (κ2) is 9.81. The van der Waals surface area contributed by atoms with Gasteiger partial charge in [-0.15, -0.1) is 0 Å². The van der Waals surface area contributed by atoms with Gasteiger partial charge in [0.25, 0.3) is 0 Å². The van der Waals surface area contributed by atoms with Gasteiger partial charge in [-0.3, -0.25) is 0 Å². The molecule has 3 aromatic rings. The van der Waals surface area contributed by atoms with Gasteiger partial charge in [0.2, 0.25) is 5.95 Å². The number of nitrogens with one attached hydrogen (secondary N) is 2. The summed E-state index contributed by atoms with van der Waals surface area (Å²) in [5.41, 5.74) is 2.82. The monoisotopic (exact) mass is 454 g/mol. The molecule has 1 saturated carbocycles. The predicted octanol–water partition coefficient (Wildman–Crippen LogP) is 8.15. The molecule has 0 aliphatic heterocycles. The predicted molar refractivity (Wildman–Crippen MR) is 126 cm³/mol. The molecule has 4 rings (SSSR count). The van der Waals surface area contributed by atoms with Crippen LogP contribution >= 0.6 is 0 Å². The van der Waals surface area contributed by atoms with Gasteiger partial charge in [-0.2, -0.15) is 18.2 Å². The molecular formula is C26H29F3N4. The van der Waals surface area contributed by atoms with Crippen LogP contribution in [0.2, 0.25) is 0 Å². The first-order valence-electron chi connectivity index (χ1n) is 11.5. The van der Waals surface area contributed by atoms with Crippen LogP contribution < -0.4 is 10.6 Å². The Bertz CT molecular complexity index is 1060. The molecule has 1 fully saturated rings. The molecule has 2 N–H and O–H groups in total. The first kappa shape index (κ1) is 23.1. The second-order valence-corrected chi connectivity index (χ2v) is 8.74. The van der Waals surface area contributed by atoms with Crippen LogP contribution in [0, 0.1) is 0 Å². The van der Waals surface area contributed by atoms with E-state index >= 15 is 0 Å². The third-order valence-electron chi connectivity index (χ3n) is 6.44. The van der Waals surface area contributed by atoms with Crippen molar-refractivity contribution < 1.29 is 13.2 Å². The highest BCUT2D eigenvalue weighted by atomic mass is 19.4. The van der Waals surface area contributed by atoms with E-state index in [4.69, 9.17) is 0 Å². The van der Waals surface area contributed by atoms with Gasteiger partial charge >= 0.3 is 6.18 Å². The first-order valence-corrected chi connectivity index (χ1v) is 11.5. The summed E-state index contributed by atoms with van der Waals surface area (Å²) < 4.78 is 40.8. The zero-order valence-electron chi connectivity index (χ0n) is 18.9. The van der Waals surface area contributed by atoms with E-state index in [1.54, 1.807) is 0 Å². The fraction of sp³-hybridized carbons (Fsp3) is 0.385. The molecule has 0 bridgehead atoms. The van der Waals surface area contributed by atoms with E-state index in [0.29, 0.717) is 23.2 Å². The quantitative estimate of drug-likeness (QED) is 0.378. The van der Waals surface area contributed by atoms with Crippen molar-refractivity contribution >= 4 is 23.1 Å². The maximum absolute atomic E-state index is 13.6. The van der Waals surface area contributed by atoms with Gasteiger partial charge in [0.15, 0.2) is 0 Å². The van der Waals surface area contributed by atoms with Crippen LogP contribution in [-0.2, 0) is 6.18 Å². The normalized spacial score (nSPS) is 15.4. The lowest BCUT2D eigenvalue weighted by Crippen LogP contribution is -2.12. The molecule has 33 heavy (non-hydrogen) atoms. The minimum Gasteiger partial charge on any atom is -0.340 e. The van der Waals surface area contributed by atoms with E-state index in [-0.39, 0.29) is 11.8 Å². The van der Waals surface area contributed by atoms with Crippen molar-refractivity contribution in [3.05, 3.63) is 71.4 Å². The summed E-state index contributed by atoms with van der Waals surface area (Å²) in [7, 11) is 0. The summed E-state index contributed by atoms with van der Waals surface area (Å²) in [6.07, 6.45) is 2.09. The van der Waals surface area contributed by atoms with Crippen LogP contribution in [0.25, 0.3) is 0 Å². The highest BCUT2D eigenvalue weighted by molar-refractivity contribution is 5.63. The number of nitrogens with zero attached hydrogens (tertiary/aromatic N) is 2. The maximum atomic E-state index is 13.6. The fourth-order valence-electron chi connectivity index (χ4n) is 4.24. The van der Waals surface area contributed by atoms with Crippen molar-refractivity contribution in [1.82, 2.24) is 9.97 Å². The zero-order chi connectivity index (χ0) is 23.4. The van der Waals surface area contributed by atoms with E-state index in [9.17, 15) is 13.2 Å². The van der Waals surface area contributed by atoms with Crippen LogP contribution in [0.5, 0.6) is 0 Å². The lowest BCUT2D eigenvalue weighted by Gasteiger charge is -2.16. The van der Waals surface area contributed by atoms with Gasteiger partial charge in [-0.05, 0) is 66.5 Å². The number of alkyl halides is 3. The number of hydrogen-bond acceptors (Lipinski definition) is 4. The summed E-state index contributed by atoms with van der Waals surface area (Å²) in [6, 6.07) is 15.4. The Kier molecular flexibility index (Phi) is 6.86. The molecule has 1 aliphatic rings. The molecule has 2 aromatic carbocycles. The Balaban J connectivity index is 1.55.